The van der Waals surface area contributed by atoms with Crippen molar-refractivity contribution in [3.05, 3.63) is 63.5 Å². The first-order valence-electron chi connectivity index (χ1n) is 12.4. The van der Waals surface area contributed by atoms with Gasteiger partial charge in [0.2, 0.25) is 11.2 Å². The summed E-state index contributed by atoms with van der Waals surface area (Å²) in [6.07, 6.45) is -3.26. The lowest BCUT2D eigenvalue weighted by Crippen LogP contribution is -3.11. The zero-order valence-electron chi connectivity index (χ0n) is 21.4. The molecule has 8 heteroatoms. The van der Waals surface area contributed by atoms with Crippen LogP contribution in [0, 0.1) is 11.8 Å². The van der Waals surface area contributed by atoms with Crippen LogP contribution in [0.5, 0.6) is 17.2 Å². The number of ether oxygens (including phenoxy) is 1. The van der Waals surface area contributed by atoms with Gasteiger partial charge < -0.3 is 19.2 Å². The summed E-state index contributed by atoms with van der Waals surface area (Å²) in [6, 6.07) is 8.98. The first-order chi connectivity index (χ1) is 16.9. The molecular weight excluding hydrogens is 471 g/mol. The molecule has 0 atom stereocenters. The van der Waals surface area contributed by atoms with Crippen LogP contribution in [0.25, 0.3) is 11.0 Å². The van der Waals surface area contributed by atoms with Gasteiger partial charge in [-0.25, -0.2) is 0 Å². The van der Waals surface area contributed by atoms with Gasteiger partial charge in [-0.05, 0) is 30.2 Å². The van der Waals surface area contributed by atoms with E-state index >= 15 is 0 Å². The van der Waals surface area contributed by atoms with Crippen molar-refractivity contribution in [2.24, 2.45) is 11.8 Å². The molecule has 2 aromatic carbocycles. The van der Waals surface area contributed by atoms with E-state index in [0.717, 1.165) is 36.4 Å². The molecule has 36 heavy (non-hydrogen) atoms. The highest BCUT2D eigenvalue weighted by molar-refractivity contribution is 5.83. The van der Waals surface area contributed by atoms with Crippen molar-refractivity contribution < 1.29 is 32.3 Å². The number of benzene rings is 2. The second kappa shape index (κ2) is 11.4. The van der Waals surface area contributed by atoms with Crippen LogP contribution in [0.2, 0.25) is 0 Å². The van der Waals surface area contributed by atoms with Crippen LogP contribution in [0.4, 0.5) is 13.2 Å². The number of alkyl halides is 3. The zero-order chi connectivity index (χ0) is 26.6. The van der Waals surface area contributed by atoms with Crippen LogP contribution >= 0.6 is 0 Å². The minimum atomic E-state index is -5.00. The van der Waals surface area contributed by atoms with Crippen LogP contribution < -0.4 is 20.2 Å². The van der Waals surface area contributed by atoms with Crippen molar-refractivity contribution in [2.45, 2.75) is 60.2 Å². The number of hydrogen-bond donors (Lipinski definition) is 1. The lowest BCUT2D eigenvalue weighted by molar-refractivity contribution is -0.919. The van der Waals surface area contributed by atoms with Crippen molar-refractivity contribution in [3.63, 3.8) is 0 Å². The number of hydrogen-bond acceptors (Lipinski definition) is 4. The van der Waals surface area contributed by atoms with Crippen LogP contribution in [0.1, 0.15) is 57.9 Å². The topological polar surface area (TPSA) is 66.9 Å². The molecular formula is C28H34F3NO4. The Morgan fingerprint density at radius 1 is 1.00 bits per heavy atom. The summed E-state index contributed by atoms with van der Waals surface area (Å²) in [5.41, 5.74) is -0.206. The summed E-state index contributed by atoms with van der Waals surface area (Å²) in [7, 11) is 0. The van der Waals surface area contributed by atoms with Crippen molar-refractivity contribution in [3.8, 4) is 17.2 Å². The Labute approximate surface area is 209 Å². The summed E-state index contributed by atoms with van der Waals surface area (Å²) in [4.78, 5) is 14.3. The fraction of sp³-hybridized carbons (Fsp3) is 0.464. The Bertz CT molecular complexity index is 1220. The van der Waals surface area contributed by atoms with E-state index < -0.39 is 28.9 Å². The minimum absolute atomic E-state index is 0.0712. The maximum atomic E-state index is 14.1. The molecule has 0 fully saturated rings. The van der Waals surface area contributed by atoms with E-state index in [1.807, 2.05) is 34.6 Å². The standard InChI is InChI=1S/C28H34F3NO4/c1-6-7-19-8-10-20(11-9-19)35-26-24(34)21-12-13-23(33)22(25(21)36-27(26)28(29,30)31)16-32(14-17(2)3)15-18(4)5/h8-13,17-18,33H,6-7,14-16H2,1-5H3. The van der Waals surface area contributed by atoms with E-state index in [4.69, 9.17) is 9.15 Å². The first kappa shape index (κ1) is 27.6. The van der Waals surface area contributed by atoms with Gasteiger partial charge in [-0.15, -0.1) is 0 Å². The van der Waals surface area contributed by atoms with E-state index in [2.05, 4.69) is 0 Å². The van der Waals surface area contributed by atoms with Crippen molar-refractivity contribution in [2.75, 3.05) is 13.1 Å². The third-order valence-corrected chi connectivity index (χ3v) is 5.84. The molecule has 196 valence electrons. The van der Waals surface area contributed by atoms with Gasteiger partial charge in [0.25, 0.3) is 5.76 Å². The number of halogens is 3. The van der Waals surface area contributed by atoms with E-state index in [0.29, 0.717) is 11.8 Å². The Hall–Kier alpha value is -3.00. The fourth-order valence-electron chi connectivity index (χ4n) is 4.49. The molecule has 0 spiro atoms. The minimum Gasteiger partial charge on any atom is -0.872 e. The highest BCUT2D eigenvalue weighted by Gasteiger charge is 2.41. The summed E-state index contributed by atoms with van der Waals surface area (Å²) >= 11 is 0. The molecule has 1 N–H and O–H groups in total. The normalized spacial score (nSPS) is 12.3. The number of aryl methyl sites for hydroxylation is 1. The number of quaternary nitrogens is 1. The SMILES string of the molecule is CCCc1ccc(Oc2c(C(F)(F)F)oc3c(C[NH+](CC(C)C)CC(C)C)c([O-])ccc3c2=O)cc1. The molecule has 0 aliphatic rings. The number of fused-ring (bicyclic) bond motifs is 1. The summed E-state index contributed by atoms with van der Waals surface area (Å²) in [5.74, 6) is -2.22. The van der Waals surface area contributed by atoms with Gasteiger partial charge >= 0.3 is 6.18 Å². The van der Waals surface area contributed by atoms with E-state index in [9.17, 15) is 23.1 Å². The lowest BCUT2D eigenvalue weighted by Gasteiger charge is -2.26. The maximum absolute atomic E-state index is 14.1. The Morgan fingerprint density at radius 2 is 1.61 bits per heavy atom. The molecule has 3 aromatic rings. The van der Waals surface area contributed by atoms with Crippen molar-refractivity contribution >= 4 is 11.0 Å². The molecule has 0 bridgehead atoms. The quantitative estimate of drug-likeness (QED) is 0.405. The molecule has 0 amide bonds. The molecule has 0 aliphatic heterocycles. The van der Waals surface area contributed by atoms with Gasteiger partial charge in [0.15, 0.2) is 0 Å². The van der Waals surface area contributed by atoms with Crippen LogP contribution in [-0.2, 0) is 19.1 Å². The van der Waals surface area contributed by atoms with Crippen LogP contribution in [-0.4, -0.2) is 13.1 Å². The smallest absolute Gasteiger partial charge is 0.453 e. The molecule has 1 heterocycles. The Morgan fingerprint density at radius 3 is 2.14 bits per heavy atom. The third kappa shape index (κ3) is 6.60. The zero-order valence-corrected chi connectivity index (χ0v) is 21.4. The lowest BCUT2D eigenvalue weighted by atomic mass is 10.1. The van der Waals surface area contributed by atoms with Gasteiger partial charge in [-0.2, -0.15) is 13.2 Å². The second-order valence-electron chi connectivity index (χ2n) is 10.1. The molecule has 0 saturated heterocycles. The molecule has 0 unspecified atom stereocenters. The fourth-order valence-corrected chi connectivity index (χ4v) is 4.49. The van der Waals surface area contributed by atoms with Gasteiger partial charge in [0.05, 0.1) is 18.5 Å². The van der Waals surface area contributed by atoms with Gasteiger partial charge in [0.1, 0.15) is 17.9 Å². The summed E-state index contributed by atoms with van der Waals surface area (Å²) in [6.45, 7) is 11.8. The highest BCUT2D eigenvalue weighted by atomic mass is 19.4. The van der Waals surface area contributed by atoms with E-state index in [-0.39, 0.29) is 28.8 Å². The average molecular weight is 506 g/mol. The molecule has 0 radical (unpaired) electrons. The Balaban J connectivity index is 2.14. The number of nitrogens with one attached hydrogen (secondary N) is 1. The monoisotopic (exact) mass is 505 g/mol. The third-order valence-electron chi connectivity index (χ3n) is 5.84. The van der Waals surface area contributed by atoms with E-state index in [1.54, 1.807) is 12.1 Å². The number of rotatable bonds is 10. The Kier molecular flexibility index (Phi) is 8.71. The van der Waals surface area contributed by atoms with Crippen LogP contribution in [0.3, 0.4) is 0 Å². The molecule has 0 aliphatic carbocycles. The largest absolute Gasteiger partial charge is 0.872 e. The molecule has 5 nitrogen and oxygen atoms in total. The summed E-state index contributed by atoms with van der Waals surface area (Å²) < 4.78 is 53.0. The van der Waals surface area contributed by atoms with E-state index in [1.165, 1.54) is 24.3 Å². The molecule has 3 rings (SSSR count). The van der Waals surface area contributed by atoms with Gasteiger partial charge in [-0.1, -0.05) is 65.0 Å². The summed E-state index contributed by atoms with van der Waals surface area (Å²) in [5, 5.41) is 12.7. The van der Waals surface area contributed by atoms with Gasteiger partial charge in [0, 0.05) is 17.4 Å². The molecule has 0 saturated carbocycles. The van der Waals surface area contributed by atoms with Crippen molar-refractivity contribution in [1.29, 1.82) is 0 Å². The van der Waals surface area contributed by atoms with Gasteiger partial charge in [-0.3, -0.25) is 4.79 Å². The predicted molar refractivity (Wildman–Crippen MR) is 132 cm³/mol. The first-order valence-corrected chi connectivity index (χ1v) is 12.4. The molecule has 1 aromatic heterocycles. The highest BCUT2D eigenvalue weighted by Crippen LogP contribution is 2.39. The average Bonchev–Trinajstić information content (AvgIpc) is 2.77. The second-order valence-corrected chi connectivity index (χ2v) is 10.1. The van der Waals surface area contributed by atoms with Crippen LogP contribution in [0.15, 0.2) is 45.6 Å². The van der Waals surface area contributed by atoms with Crippen molar-refractivity contribution in [1.82, 2.24) is 0 Å². The maximum Gasteiger partial charge on any atom is 0.453 e. The predicted octanol–water partition coefficient (Wildman–Crippen LogP) is 5.33.